The summed E-state index contributed by atoms with van der Waals surface area (Å²) in [6.07, 6.45) is 1.18. The minimum atomic E-state index is -0.836. The lowest BCUT2D eigenvalue weighted by Gasteiger charge is -2.10. The van der Waals surface area contributed by atoms with Gasteiger partial charge in [-0.15, -0.1) is 0 Å². The Bertz CT molecular complexity index is 431. The molecule has 0 spiro atoms. The van der Waals surface area contributed by atoms with Crippen LogP contribution in [0.25, 0.3) is 0 Å². The van der Waals surface area contributed by atoms with Crippen molar-refractivity contribution in [2.45, 2.75) is 26.2 Å². The summed E-state index contributed by atoms with van der Waals surface area (Å²) in [5.41, 5.74) is 1.11. The maximum atomic E-state index is 11.6. The molecule has 19 heavy (non-hydrogen) atoms. The molecule has 1 unspecified atom stereocenters. The van der Waals surface area contributed by atoms with Crippen LogP contribution in [0.5, 0.6) is 0 Å². The van der Waals surface area contributed by atoms with Gasteiger partial charge in [-0.2, -0.15) is 0 Å². The zero-order chi connectivity index (χ0) is 14.3. The van der Waals surface area contributed by atoms with Crippen LogP contribution < -0.4 is 5.32 Å². The van der Waals surface area contributed by atoms with E-state index in [2.05, 4.69) is 21.2 Å². The predicted molar refractivity (Wildman–Crippen MR) is 76.9 cm³/mol. The van der Waals surface area contributed by atoms with E-state index in [0.717, 1.165) is 10.0 Å². The average Bonchev–Trinajstić information content (AvgIpc) is 2.35. The van der Waals surface area contributed by atoms with E-state index in [9.17, 15) is 9.59 Å². The molecule has 0 aromatic heterocycles. The largest absolute Gasteiger partial charge is 0.481 e. The molecule has 1 amide bonds. The highest BCUT2D eigenvalue weighted by molar-refractivity contribution is 9.10. The van der Waals surface area contributed by atoms with Crippen LogP contribution in [0.15, 0.2) is 28.7 Å². The summed E-state index contributed by atoms with van der Waals surface area (Å²) in [5, 5.41) is 11.4. The number of hydrogen-bond donors (Lipinski definition) is 2. The molecule has 1 aromatic carbocycles. The van der Waals surface area contributed by atoms with Crippen molar-refractivity contribution >= 4 is 27.8 Å². The molecule has 0 aliphatic rings. The lowest BCUT2D eigenvalue weighted by molar-refractivity contribution is -0.138. The monoisotopic (exact) mass is 327 g/mol. The number of halogens is 1. The molecule has 1 rings (SSSR count). The molecular formula is C14H18BrNO3. The Kier molecular flexibility index (Phi) is 6.56. The summed E-state index contributed by atoms with van der Waals surface area (Å²) in [4.78, 5) is 22.1. The molecular weight excluding hydrogens is 310 g/mol. The van der Waals surface area contributed by atoms with E-state index in [1.54, 1.807) is 0 Å². The zero-order valence-corrected chi connectivity index (χ0v) is 12.4. The number of carbonyl (C=O) groups is 2. The van der Waals surface area contributed by atoms with Crippen LogP contribution in [0, 0.1) is 5.92 Å². The van der Waals surface area contributed by atoms with Crippen LogP contribution in [-0.4, -0.2) is 23.5 Å². The van der Waals surface area contributed by atoms with Gasteiger partial charge in [-0.05, 0) is 30.0 Å². The second-order valence-electron chi connectivity index (χ2n) is 4.63. The summed E-state index contributed by atoms with van der Waals surface area (Å²) in [6.45, 7) is 2.22. The molecule has 0 aliphatic heterocycles. The second kappa shape index (κ2) is 7.94. The third kappa shape index (κ3) is 6.96. The van der Waals surface area contributed by atoms with Crippen LogP contribution >= 0.6 is 15.9 Å². The Morgan fingerprint density at radius 3 is 2.53 bits per heavy atom. The molecule has 0 heterocycles. The first-order valence-electron chi connectivity index (χ1n) is 6.20. The fourth-order valence-corrected chi connectivity index (χ4v) is 1.92. The van der Waals surface area contributed by atoms with Crippen molar-refractivity contribution in [3.05, 3.63) is 34.3 Å². The number of carboxylic acid groups (broad SMARTS) is 1. The fourth-order valence-electron chi connectivity index (χ4n) is 1.66. The van der Waals surface area contributed by atoms with Gasteiger partial charge >= 0.3 is 5.97 Å². The van der Waals surface area contributed by atoms with Gasteiger partial charge in [0.05, 0.1) is 0 Å². The normalized spacial score (nSPS) is 11.9. The predicted octanol–water partition coefficient (Wildman–Crippen LogP) is 2.61. The van der Waals surface area contributed by atoms with Gasteiger partial charge in [0.1, 0.15) is 0 Å². The molecule has 0 bridgehead atoms. The number of aliphatic carboxylic acids is 1. The van der Waals surface area contributed by atoms with Crippen LogP contribution in [-0.2, 0) is 16.0 Å². The lowest BCUT2D eigenvalue weighted by Crippen LogP contribution is -2.29. The number of hydrogen-bond acceptors (Lipinski definition) is 2. The van der Waals surface area contributed by atoms with Crippen molar-refractivity contribution in [3.8, 4) is 0 Å². The minimum Gasteiger partial charge on any atom is -0.481 e. The fraction of sp³-hybridized carbons (Fsp3) is 0.429. The molecule has 2 N–H and O–H groups in total. The Morgan fingerprint density at radius 2 is 1.95 bits per heavy atom. The number of rotatable bonds is 7. The van der Waals surface area contributed by atoms with E-state index >= 15 is 0 Å². The summed E-state index contributed by atoms with van der Waals surface area (Å²) in [7, 11) is 0. The molecule has 1 aromatic rings. The Morgan fingerprint density at radius 1 is 1.32 bits per heavy atom. The molecule has 0 aliphatic carbocycles. The molecule has 4 nitrogen and oxygen atoms in total. The number of amides is 1. The van der Waals surface area contributed by atoms with Gasteiger partial charge < -0.3 is 10.4 Å². The summed E-state index contributed by atoms with van der Waals surface area (Å²) < 4.78 is 1.02. The number of carboxylic acids is 1. The van der Waals surface area contributed by atoms with Crippen LogP contribution in [0.3, 0.4) is 0 Å². The quantitative estimate of drug-likeness (QED) is 0.808. The van der Waals surface area contributed by atoms with Gasteiger partial charge in [0, 0.05) is 23.9 Å². The number of nitrogens with one attached hydrogen (secondary N) is 1. The Labute approximate surface area is 121 Å². The van der Waals surface area contributed by atoms with Gasteiger partial charge in [0.2, 0.25) is 5.91 Å². The van der Waals surface area contributed by atoms with Gasteiger partial charge in [-0.25, -0.2) is 0 Å². The maximum Gasteiger partial charge on any atom is 0.303 e. The molecule has 104 valence electrons. The van der Waals surface area contributed by atoms with Crippen molar-refractivity contribution in [2.24, 2.45) is 5.92 Å². The van der Waals surface area contributed by atoms with Crippen molar-refractivity contribution in [2.75, 3.05) is 6.54 Å². The maximum absolute atomic E-state index is 11.6. The Hall–Kier alpha value is -1.36. The van der Waals surface area contributed by atoms with Crippen LogP contribution in [0.1, 0.15) is 25.3 Å². The first-order chi connectivity index (χ1) is 8.97. The van der Waals surface area contributed by atoms with E-state index < -0.39 is 5.97 Å². The third-order valence-electron chi connectivity index (χ3n) is 2.72. The highest BCUT2D eigenvalue weighted by atomic mass is 79.9. The average molecular weight is 328 g/mol. The Balaban J connectivity index is 2.24. The molecule has 5 heteroatoms. The topological polar surface area (TPSA) is 66.4 Å². The van der Waals surface area contributed by atoms with Crippen molar-refractivity contribution in [1.29, 1.82) is 0 Å². The molecule has 0 saturated heterocycles. The summed E-state index contributed by atoms with van der Waals surface area (Å²) in [6, 6.07) is 7.85. The first-order valence-corrected chi connectivity index (χ1v) is 6.99. The van der Waals surface area contributed by atoms with Crippen LogP contribution in [0.4, 0.5) is 0 Å². The molecule has 0 saturated carbocycles. The van der Waals surface area contributed by atoms with Gasteiger partial charge in [-0.3, -0.25) is 9.59 Å². The molecule has 0 fully saturated rings. The summed E-state index contributed by atoms with van der Waals surface area (Å²) >= 11 is 3.36. The number of carbonyl (C=O) groups excluding carboxylic acids is 1. The van der Waals surface area contributed by atoms with Crippen molar-refractivity contribution in [1.82, 2.24) is 5.32 Å². The van der Waals surface area contributed by atoms with E-state index in [-0.39, 0.29) is 18.2 Å². The lowest BCUT2D eigenvalue weighted by atomic mass is 10.1. The highest BCUT2D eigenvalue weighted by Gasteiger charge is 2.09. The summed E-state index contributed by atoms with van der Waals surface area (Å²) in [5.74, 6) is -0.925. The van der Waals surface area contributed by atoms with Crippen molar-refractivity contribution in [3.63, 3.8) is 0 Å². The smallest absolute Gasteiger partial charge is 0.303 e. The number of benzene rings is 1. The van der Waals surface area contributed by atoms with E-state index in [1.807, 2.05) is 31.2 Å². The number of aryl methyl sites for hydroxylation is 1. The second-order valence-corrected chi connectivity index (χ2v) is 5.55. The highest BCUT2D eigenvalue weighted by Crippen LogP contribution is 2.11. The third-order valence-corrected chi connectivity index (χ3v) is 3.25. The first kappa shape index (κ1) is 15.7. The zero-order valence-electron chi connectivity index (χ0n) is 10.9. The molecule has 1 atom stereocenters. The van der Waals surface area contributed by atoms with Gasteiger partial charge in [0.25, 0.3) is 0 Å². The van der Waals surface area contributed by atoms with E-state index in [0.29, 0.717) is 19.4 Å². The van der Waals surface area contributed by atoms with Gasteiger partial charge in [-0.1, -0.05) is 35.0 Å². The molecule has 0 radical (unpaired) electrons. The standard InChI is InChI=1S/C14H18BrNO3/c1-10(8-14(18)19)9-16-13(17)7-4-11-2-5-12(15)6-3-11/h2-3,5-6,10H,4,7-9H2,1H3,(H,16,17)(H,18,19). The van der Waals surface area contributed by atoms with E-state index in [1.165, 1.54) is 0 Å². The van der Waals surface area contributed by atoms with Crippen LogP contribution in [0.2, 0.25) is 0 Å². The van der Waals surface area contributed by atoms with E-state index in [4.69, 9.17) is 5.11 Å². The SMILES string of the molecule is CC(CNC(=O)CCc1ccc(Br)cc1)CC(=O)O. The van der Waals surface area contributed by atoms with Gasteiger partial charge in [0.15, 0.2) is 0 Å². The van der Waals surface area contributed by atoms with Crippen molar-refractivity contribution < 1.29 is 14.7 Å². The minimum absolute atomic E-state index is 0.0415.